The third-order valence-electron chi connectivity index (χ3n) is 1.30. The van der Waals surface area contributed by atoms with E-state index in [1.54, 1.807) is 11.8 Å². The quantitative estimate of drug-likeness (QED) is 0.489. The van der Waals surface area contributed by atoms with Crippen molar-refractivity contribution in [3.8, 4) is 0 Å². The zero-order chi connectivity index (χ0) is 9.40. The van der Waals surface area contributed by atoms with Crippen LogP contribution in [0.4, 0.5) is 0 Å². The minimum absolute atomic E-state index is 0.167. The maximum atomic E-state index is 10.8. The van der Waals surface area contributed by atoms with Crippen LogP contribution >= 0.6 is 11.8 Å². The van der Waals surface area contributed by atoms with E-state index in [4.69, 9.17) is 5.11 Å². The fourth-order valence-electron chi connectivity index (χ4n) is 0.773. The molecule has 3 nitrogen and oxygen atoms in total. The first-order valence-electron chi connectivity index (χ1n) is 3.98. The lowest BCUT2D eigenvalue weighted by molar-refractivity contribution is -0.140. The van der Waals surface area contributed by atoms with Gasteiger partial charge in [0, 0.05) is 6.42 Å². The molecule has 0 fully saturated rings. The van der Waals surface area contributed by atoms with Crippen molar-refractivity contribution in [3.05, 3.63) is 0 Å². The molecule has 70 valence electrons. The average molecular weight is 190 g/mol. The SMILES string of the molecule is CCSCCCC(=O)CC(=O)O. The number of rotatable bonds is 7. The monoisotopic (exact) mass is 190 g/mol. The van der Waals surface area contributed by atoms with E-state index in [-0.39, 0.29) is 12.2 Å². The van der Waals surface area contributed by atoms with Gasteiger partial charge in [-0.3, -0.25) is 9.59 Å². The van der Waals surface area contributed by atoms with Gasteiger partial charge in [-0.15, -0.1) is 0 Å². The van der Waals surface area contributed by atoms with Crippen LogP contribution in [0.3, 0.4) is 0 Å². The highest BCUT2D eigenvalue weighted by Crippen LogP contribution is 2.04. The summed E-state index contributed by atoms with van der Waals surface area (Å²) >= 11 is 1.77. The summed E-state index contributed by atoms with van der Waals surface area (Å²) in [6, 6.07) is 0. The molecule has 0 amide bonds. The Morgan fingerprint density at radius 3 is 2.58 bits per heavy atom. The van der Waals surface area contributed by atoms with Gasteiger partial charge in [0.2, 0.25) is 0 Å². The second kappa shape index (κ2) is 7.16. The Balaban J connectivity index is 3.26. The van der Waals surface area contributed by atoms with E-state index in [1.165, 1.54) is 0 Å². The first kappa shape index (κ1) is 11.5. The number of carboxylic acids is 1. The number of Topliss-reactive ketones (excluding diaryl/α,β-unsaturated/α-hetero) is 1. The highest BCUT2D eigenvalue weighted by molar-refractivity contribution is 7.99. The van der Waals surface area contributed by atoms with E-state index in [9.17, 15) is 9.59 Å². The highest BCUT2D eigenvalue weighted by Gasteiger charge is 2.06. The van der Waals surface area contributed by atoms with E-state index in [0.717, 1.165) is 17.9 Å². The van der Waals surface area contributed by atoms with Crippen molar-refractivity contribution in [2.24, 2.45) is 0 Å². The number of hydrogen-bond donors (Lipinski definition) is 1. The molecule has 0 atom stereocenters. The molecule has 0 aliphatic heterocycles. The predicted molar refractivity (Wildman–Crippen MR) is 49.5 cm³/mol. The Labute approximate surface area is 76.5 Å². The van der Waals surface area contributed by atoms with Crippen molar-refractivity contribution < 1.29 is 14.7 Å². The molecule has 0 aliphatic rings. The predicted octanol–water partition coefficient (Wildman–Crippen LogP) is 1.56. The van der Waals surface area contributed by atoms with Crippen LogP contribution in [-0.4, -0.2) is 28.4 Å². The number of carboxylic acid groups (broad SMARTS) is 1. The molecular formula is C8H14O3S. The average Bonchev–Trinajstić information content (AvgIpc) is 1.97. The van der Waals surface area contributed by atoms with Gasteiger partial charge in [-0.2, -0.15) is 11.8 Å². The van der Waals surface area contributed by atoms with Gasteiger partial charge in [-0.05, 0) is 17.9 Å². The maximum Gasteiger partial charge on any atom is 0.310 e. The number of hydrogen-bond acceptors (Lipinski definition) is 3. The fourth-order valence-corrected chi connectivity index (χ4v) is 1.41. The van der Waals surface area contributed by atoms with Crippen LogP contribution in [0, 0.1) is 0 Å². The molecule has 0 unspecified atom stereocenters. The second-order valence-electron chi connectivity index (χ2n) is 2.41. The Morgan fingerprint density at radius 2 is 2.08 bits per heavy atom. The summed E-state index contributed by atoms with van der Waals surface area (Å²) in [5, 5.41) is 8.26. The van der Waals surface area contributed by atoms with Crippen molar-refractivity contribution in [1.82, 2.24) is 0 Å². The van der Waals surface area contributed by atoms with Crippen LogP contribution < -0.4 is 0 Å². The number of ketones is 1. The van der Waals surface area contributed by atoms with Crippen LogP contribution in [-0.2, 0) is 9.59 Å². The molecule has 0 aromatic rings. The van der Waals surface area contributed by atoms with Crippen LogP contribution in [0.15, 0.2) is 0 Å². The molecular weight excluding hydrogens is 176 g/mol. The molecule has 12 heavy (non-hydrogen) atoms. The largest absolute Gasteiger partial charge is 0.481 e. The van der Waals surface area contributed by atoms with Crippen LogP contribution in [0.2, 0.25) is 0 Å². The summed E-state index contributed by atoms with van der Waals surface area (Å²) in [7, 11) is 0. The molecule has 0 rings (SSSR count). The third kappa shape index (κ3) is 7.60. The molecule has 4 heteroatoms. The standard InChI is InChI=1S/C8H14O3S/c1-2-12-5-3-4-7(9)6-8(10)11/h2-6H2,1H3,(H,10,11). The molecule has 0 spiro atoms. The van der Waals surface area contributed by atoms with E-state index < -0.39 is 5.97 Å². The summed E-state index contributed by atoms with van der Waals surface area (Å²) in [5.41, 5.74) is 0. The summed E-state index contributed by atoms with van der Waals surface area (Å²) in [6.45, 7) is 2.06. The molecule has 0 saturated heterocycles. The van der Waals surface area contributed by atoms with Crippen molar-refractivity contribution in [1.29, 1.82) is 0 Å². The summed E-state index contributed by atoms with van der Waals surface area (Å²) < 4.78 is 0. The lowest BCUT2D eigenvalue weighted by Gasteiger charge is -1.97. The number of aliphatic carboxylic acids is 1. The van der Waals surface area contributed by atoms with Crippen molar-refractivity contribution in [2.45, 2.75) is 26.2 Å². The molecule has 0 aromatic heterocycles. The van der Waals surface area contributed by atoms with Crippen molar-refractivity contribution >= 4 is 23.5 Å². The third-order valence-corrected chi connectivity index (χ3v) is 2.28. The molecule has 0 radical (unpaired) electrons. The van der Waals surface area contributed by atoms with Gasteiger partial charge in [-0.25, -0.2) is 0 Å². The van der Waals surface area contributed by atoms with Gasteiger partial charge >= 0.3 is 5.97 Å². The molecule has 0 heterocycles. The zero-order valence-electron chi connectivity index (χ0n) is 7.21. The van der Waals surface area contributed by atoms with Gasteiger partial charge in [0.05, 0.1) is 0 Å². The first-order valence-corrected chi connectivity index (χ1v) is 5.13. The Hall–Kier alpha value is -0.510. The lowest BCUT2D eigenvalue weighted by atomic mass is 10.2. The van der Waals surface area contributed by atoms with Gasteiger partial charge in [0.25, 0.3) is 0 Å². The molecule has 0 aliphatic carbocycles. The molecule has 0 saturated carbocycles. The second-order valence-corrected chi connectivity index (χ2v) is 3.80. The normalized spacial score (nSPS) is 9.75. The number of carbonyl (C=O) groups excluding carboxylic acids is 1. The maximum absolute atomic E-state index is 10.8. The van der Waals surface area contributed by atoms with Crippen LogP contribution in [0.5, 0.6) is 0 Å². The van der Waals surface area contributed by atoms with E-state index in [1.807, 2.05) is 0 Å². The molecule has 0 aromatic carbocycles. The van der Waals surface area contributed by atoms with Crippen molar-refractivity contribution in [2.75, 3.05) is 11.5 Å². The molecule has 1 N–H and O–H groups in total. The van der Waals surface area contributed by atoms with Gasteiger partial charge in [0.1, 0.15) is 12.2 Å². The van der Waals surface area contributed by atoms with E-state index >= 15 is 0 Å². The Kier molecular flexibility index (Phi) is 6.85. The lowest BCUT2D eigenvalue weighted by Crippen LogP contribution is -2.06. The van der Waals surface area contributed by atoms with E-state index in [0.29, 0.717) is 6.42 Å². The zero-order valence-corrected chi connectivity index (χ0v) is 8.02. The van der Waals surface area contributed by atoms with Crippen LogP contribution in [0.1, 0.15) is 26.2 Å². The minimum atomic E-state index is -1.02. The van der Waals surface area contributed by atoms with Gasteiger partial charge in [-0.1, -0.05) is 6.92 Å². The Bertz CT molecular complexity index is 156. The number of carbonyl (C=O) groups is 2. The fraction of sp³-hybridized carbons (Fsp3) is 0.750. The van der Waals surface area contributed by atoms with Gasteiger partial charge in [0.15, 0.2) is 0 Å². The summed E-state index contributed by atoms with van der Waals surface area (Å²) in [4.78, 5) is 20.9. The first-order chi connectivity index (χ1) is 5.66. The minimum Gasteiger partial charge on any atom is -0.481 e. The highest BCUT2D eigenvalue weighted by atomic mass is 32.2. The summed E-state index contributed by atoms with van der Waals surface area (Å²) in [6.07, 6.45) is 0.876. The Morgan fingerprint density at radius 1 is 1.42 bits per heavy atom. The summed E-state index contributed by atoms with van der Waals surface area (Å²) in [5.74, 6) is 0.803. The molecule has 0 bridgehead atoms. The van der Waals surface area contributed by atoms with Crippen LogP contribution in [0.25, 0.3) is 0 Å². The smallest absolute Gasteiger partial charge is 0.310 e. The topological polar surface area (TPSA) is 54.4 Å². The van der Waals surface area contributed by atoms with Crippen molar-refractivity contribution in [3.63, 3.8) is 0 Å². The van der Waals surface area contributed by atoms with Gasteiger partial charge < -0.3 is 5.11 Å². The number of thioether (sulfide) groups is 1. The van der Waals surface area contributed by atoms with E-state index in [2.05, 4.69) is 6.92 Å².